The van der Waals surface area contributed by atoms with Gasteiger partial charge in [0, 0.05) is 42.7 Å². The third-order valence-electron chi connectivity index (χ3n) is 6.42. The molecule has 204 valence electrons. The largest absolute Gasteiger partial charge is 0.508 e. The Labute approximate surface area is 233 Å². The molecule has 1 aliphatic heterocycles. The summed E-state index contributed by atoms with van der Waals surface area (Å²) in [5, 5.41) is 10.0. The number of phenolic OH excluding ortho intramolecular Hbond substituents is 1. The molecule has 1 aromatic heterocycles. The van der Waals surface area contributed by atoms with E-state index in [0.717, 1.165) is 31.0 Å². The summed E-state index contributed by atoms with van der Waals surface area (Å²) in [7, 11) is 0. The average Bonchev–Trinajstić information content (AvgIpc) is 3.35. The SMILES string of the molecule is CC(=O)Oc1c(-c2ccc3c(c2)OC(c2ccccc2)(c2ccccc2)O3)oc2cc(O)cc(OC(C)=O)c2c1=O. The molecule has 0 amide bonds. The molecule has 0 radical (unpaired) electrons. The van der Waals surface area contributed by atoms with Crippen molar-refractivity contribution in [1.82, 2.24) is 0 Å². The normalized spacial score (nSPS) is 13.1. The van der Waals surface area contributed by atoms with E-state index in [1.165, 1.54) is 6.07 Å². The minimum absolute atomic E-state index is 0.0854. The molecule has 0 aliphatic carbocycles. The standard InChI is InChI=1S/C32H22O9/c1-18(33)37-26-16-23(35)17-27-28(26)29(36)31(38-19(2)34)30(39-27)20-13-14-24-25(15-20)41-32(40-24,21-9-5-3-6-10-21)22-11-7-4-8-12-22/h3-17,35H,1-2H3. The van der Waals surface area contributed by atoms with E-state index in [0.29, 0.717) is 17.1 Å². The fourth-order valence-corrected chi connectivity index (χ4v) is 4.78. The predicted molar refractivity (Wildman–Crippen MR) is 147 cm³/mol. The van der Waals surface area contributed by atoms with Crippen LogP contribution in [0.1, 0.15) is 25.0 Å². The maximum Gasteiger partial charge on any atom is 0.308 e. The Bertz CT molecular complexity index is 1840. The molecule has 9 heteroatoms. The van der Waals surface area contributed by atoms with E-state index in [9.17, 15) is 19.5 Å². The highest BCUT2D eigenvalue weighted by Gasteiger charge is 2.45. The lowest BCUT2D eigenvalue weighted by Gasteiger charge is -2.28. The molecule has 0 saturated heterocycles. The van der Waals surface area contributed by atoms with Gasteiger partial charge in [-0.15, -0.1) is 0 Å². The molecule has 9 nitrogen and oxygen atoms in total. The Kier molecular flexibility index (Phi) is 6.19. The fraction of sp³-hybridized carbons (Fsp3) is 0.0938. The lowest BCUT2D eigenvalue weighted by Crippen LogP contribution is -2.36. The van der Waals surface area contributed by atoms with Crippen molar-refractivity contribution >= 4 is 22.9 Å². The van der Waals surface area contributed by atoms with Gasteiger partial charge in [0.1, 0.15) is 22.5 Å². The second-order valence-electron chi connectivity index (χ2n) is 9.31. The number of phenols is 1. The molecule has 0 unspecified atom stereocenters. The summed E-state index contributed by atoms with van der Waals surface area (Å²) in [6, 6.07) is 26.1. The number of fused-ring (bicyclic) bond motifs is 2. The van der Waals surface area contributed by atoms with Gasteiger partial charge in [-0.1, -0.05) is 60.7 Å². The van der Waals surface area contributed by atoms with Crippen molar-refractivity contribution in [2.24, 2.45) is 0 Å². The Morgan fingerprint density at radius 2 is 1.37 bits per heavy atom. The van der Waals surface area contributed by atoms with Gasteiger partial charge in [0.2, 0.25) is 11.2 Å². The summed E-state index contributed by atoms with van der Waals surface area (Å²) >= 11 is 0. The number of hydrogen-bond donors (Lipinski definition) is 1. The van der Waals surface area contributed by atoms with Crippen LogP contribution in [0.25, 0.3) is 22.3 Å². The number of carbonyl (C=O) groups is 2. The molecule has 1 aliphatic rings. The number of carbonyl (C=O) groups excluding carboxylic acids is 2. The molecule has 0 spiro atoms. The third-order valence-corrected chi connectivity index (χ3v) is 6.42. The molecule has 4 aromatic carbocycles. The van der Waals surface area contributed by atoms with Crippen LogP contribution >= 0.6 is 0 Å². The topological polar surface area (TPSA) is 122 Å². The van der Waals surface area contributed by atoms with E-state index < -0.39 is 28.9 Å². The molecule has 2 heterocycles. The van der Waals surface area contributed by atoms with Crippen molar-refractivity contribution in [3.05, 3.63) is 112 Å². The highest BCUT2D eigenvalue weighted by Crippen LogP contribution is 2.49. The van der Waals surface area contributed by atoms with Gasteiger partial charge in [-0.05, 0) is 18.2 Å². The molecule has 41 heavy (non-hydrogen) atoms. The Hall–Kier alpha value is -5.57. The Morgan fingerprint density at radius 1 is 0.756 bits per heavy atom. The van der Waals surface area contributed by atoms with Crippen molar-refractivity contribution in [2.45, 2.75) is 19.6 Å². The van der Waals surface area contributed by atoms with Crippen LogP contribution in [0.4, 0.5) is 0 Å². The molecule has 6 rings (SSSR count). The first-order valence-corrected chi connectivity index (χ1v) is 12.6. The Balaban J connectivity index is 1.52. The molecule has 0 fully saturated rings. The van der Waals surface area contributed by atoms with E-state index in [1.807, 2.05) is 60.7 Å². The van der Waals surface area contributed by atoms with Crippen molar-refractivity contribution in [2.75, 3.05) is 0 Å². The van der Waals surface area contributed by atoms with Gasteiger partial charge in [-0.25, -0.2) is 0 Å². The number of ether oxygens (including phenoxy) is 4. The molecule has 0 saturated carbocycles. The van der Waals surface area contributed by atoms with Gasteiger partial charge in [-0.3, -0.25) is 14.4 Å². The maximum absolute atomic E-state index is 13.6. The van der Waals surface area contributed by atoms with E-state index in [-0.39, 0.29) is 28.2 Å². The molecule has 0 atom stereocenters. The van der Waals surface area contributed by atoms with Crippen LogP contribution < -0.4 is 24.4 Å². The monoisotopic (exact) mass is 550 g/mol. The second-order valence-corrected chi connectivity index (χ2v) is 9.31. The highest BCUT2D eigenvalue weighted by molar-refractivity contribution is 5.91. The van der Waals surface area contributed by atoms with Gasteiger partial charge in [-0.2, -0.15) is 0 Å². The van der Waals surface area contributed by atoms with Gasteiger partial charge in [0.15, 0.2) is 17.3 Å². The van der Waals surface area contributed by atoms with E-state index >= 15 is 0 Å². The molecule has 1 N–H and O–H groups in total. The van der Waals surface area contributed by atoms with Crippen LogP contribution in [0.2, 0.25) is 0 Å². The minimum atomic E-state index is -1.28. The van der Waals surface area contributed by atoms with Crippen molar-refractivity contribution < 1.29 is 38.1 Å². The first kappa shape index (κ1) is 25.7. The van der Waals surface area contributed by atoms with E-state index in [4.69, 9.17) is 23.4 Å². The van der Waals surface area contributed by atoms with Gasteiger partial charge < -0.3 is 28.5 Å². The van der Waals surface area contributed by atoms with Crippen LogP contribution in [-0.2, 0) is 15.4 Å². The van der Waals surface area contributed by atoms with Crippen molar-refractivity contribution in [1.29, 1.82) is 0 Å². The second kappa shape index (κ2) is 9.87. The van der Waals surface area contributed by atoms with E-state index in [1.54, 1.807) is 18.2 Å². The maximum atomic E-state index is 13.6. The Morgan fingerprint density at radius 3 is 1.98 bits per heavy atom. The van der Waals surface area contributed by atoms with Crippen LogP contribution in [0.3, 0.4) is 0 Å². The van der Waals surface area contributed by atoms with E-state index in [2.05, 4.69) is 0 Å². The molecule has 0 bridgehead atoms. The van der Waals surface area contributed by atoms with Crippen LogP contribution in [0.5, 0.6) is 28.7 Å². The number of esters is 2. The smallest absolute Gasteiger partial charge is 0.308 e. The minimum Gasteiger partial charge on any atom is -0.508 e. The fourth-order valence-electron chi connectivity index (χ4n) is 4.78. The van der Waals surface area contributed by atoms with Gasteiger partial charge in [0.25, 0.3) is 0 Å². The summed E-state index contributed by atoms with van der Waals surface area (Å²) in [6.07, 6.45) is 0. The first-order chi connectivity index (χ1) is 19.7. The third kappa shape index (κ3) is 4.53. The lowest BCUT2D eigenvalue weighted by atomic mass is 9.97. The van der Waals surface area contributed by atoms with Crippen LogP contribution in [0, 0.1) is 0 Å². The van der Waals surface area contributed by atoms with Gasteiger partial charge in [0.05, 0.1) is 0 Å². The van der Waals surface area contributed by atoms with Crippen LogP contribution in [-0.4, -0.2) is 17.0 Å². The zero-order valence-electron chi connectivity index (χ0n) is 21.9. The van der Waals surface area contributed by atoms with Crippen molar-refractivity contribution in [3.8, 4) is 40.1 Å². The van der Waals surface area contributed by atoms with Gasteiger partial charge >= 0.3 is 17.7 Å². The summed E-state index contributed by atoms with van der Waals surface area (Å²) in [4.78, 5) is 37.3. The van der Waals surface area contributed by atoms with Crippen LogP contribution in [0.15, 0.2) is 100 Å². The zero-order valence-corrected chi connectivity index (χ0v) is 21.9. The number of hydrogen-bond acceptors (Lipinski definition) is 9. The lowest BCUT2D eigenvalue weighted by molar-refractivity contribution is -0.133. The predicted octanol–water partition coefficient (Wildman–Crippen LogP) is 5.69. The summed E-state index contributed by atoms with van der Waals surface area (Å²) < 4.78 is 29.4. The molecular weight excluding hydrogens is 528 g/mol. The first-order valence-electron chi connectivity index (χ1n) is 12.6. The quantitative estimate of drug-likeness (QED) is 0.217. The summed E-state index contributed by atoms with van der Waals surface area (Å²) in [5.74, 6) is -3.02. The zero-order chi connectivity index (χ0) is 28.7. The summed E-state index contributed by atoms with van der Waals surface area (Å²) in [6.45, 7) is 2.29. The summed E-state index contributed by atoms with van der Waals surface area (Å²) in [5.41, 5.74) is 0.994. The molecular formula is C32H22O9. The number of rotatable bonds is 5. The van der Waals surface area contributed by atoms with Crippen molar-refractivity contribution in [3.63, 3.8) is 0 Å². The number of aromatic hydroxyl groups is 1. The number of benzene rings is 4. The average molecular weight is 551 g/mol. The molecule has 5 aromatic rings. The highest BCUT2D eigenvalue weighted by atomic mass is 16.7.